The molecule has 25 heavy (non-hydrogen) atoms. The molecule has 0 N–H and O–H groups in total. The van der Waals surface area contributed by atoms with Gasteiger partial charge in [-0.2, -0.15) is 13.2 Å². The third kappa shape index (κ3) is 3.00. The van der Waals surface area contributed by atoms with Crippen molar-refractivity contribution in [2.45, 2.75) is 13.1 Å². The van der Waals surface area contributed by atoms with Crippen molar-refractivity contribution in [1.29, 1.82) is 0 Å². The molecule has 8 heteroatoms. The molecular weight excluding hydrogens is 376 g/mol. The number of carbonyl (C=O) groups is 1. The van der Waals surface area contributed by atoms with Gasteiger partial charge in [-0.1, -0.05) is 29.3 Å². The Labute approximate surface area is 151 Å². The maximum Gasteiger partial charge on any atom is 0.433 e. The second-order valence-electron chi connectivity index (χ2n) is 5.57. The predicted octanol–water partition coefficient (Wildman–Crippen LogP) is 5.44. The number of benzene rings is 1. The van der Waals surface area contributed by atoms with Crippen LogP contribution in [0.3, 0.4) is 0 Å². The third-order valence-electron chi connectivity index (χ3n) is 3.92. The largest absolute Gasteiger partial charge is 0.433 e. The first-order valence-electron chi connectivity index (χ1n) is 7.14. The van der Waals surface area contributed by atoms with E-state index < -0.39 is 17.7 Å². The summed E-state index contributed by atoms with van der Waals surface area (Å²) in [6.45, 7) is 1.54. The van der Waals surface area contributed by atoms with Crippen LogP contribution < -0.4 is 0 Å². The van der Waals surface area contributed by atoms with Gasteiger partial charge in [-0.3, -0.25) is 4.79 Å². The van der Waals surface area contributed by atoms with Crippen LogP contribution in [0, 0.1) is 6.92 Å². The molecule has 130 valence electrons. The van der Waals surface area contributed by atoms with Crippen molar-refractivity contribution >= 4 is 40.0 Å². The number of rotatable bonds is 2. The number of aryl methyl sites for hydroxylation is 2. The van der Waals surface area contributed by atoms with E-state index in [4.69, 9.17) is 23.2 Å². The van der Waals surface area contributed by atoms with Gasteiger partial charge in [0.15, 0.2) is 0 Å². The van der Waals surface area contributed by atoms with Crippen LogP contribution in [0.5, 0.6) is 0 Å². The summed E-state index contributed by atoms with van der Waals surface area (Å²) < 4.78 is 40.3. The molecule has 1 aromatic carbocycles. The molecule has 0 aliphatic carbocycles. The molecule has 0 saturated heterocycles. The Morgan fingerprint density at radius 1 is 1.16 bits per heavy atom. The molecular formula is C17H11Cl2F3N2O. The van der Waals surface area contributed by atoms with E-state index in [1.54, 1.807) is 6.07 Å². The van der Waals surface area contributed by atoms with Gasteiger partial charge >= 0.3 is 6.18 Å². The first-order valence-corrected chi connectivity index (χ1v) is 7.90. The summed E-state index contributed by atoms with van der Waals surface area (Å²) in [6.07, 6.45) is -4.57. The molecule has 0 bridgehead atoms. The molecule has 0 spiro atoms. The van der Waals surface area contributed by atoms with Crippen LogP contribution >= 0.6 is 23.2 Å². The minimum atomic E-state index is -4.57. The van der Waals surface area contributed by atoms with Crippen molar-refractivity contribution in [1.82, 2.24) is 9.55 Å². The van der Waals surface area contributed by atoms with Crippen LogP contribution in [0.4, 0.5) is 13.2 Å². The molecule has 0 aliphatic rings. The van der Waals surface area contributed by atoms with Crippen LogP contribution in [-0.2, 0) is 13.2 Å². The van der Waals surface area contributed by atoms with E-state index in [1.165, 1.54) is 36.7 Å². The normalized spacial score (nSPS) is 12.0. The minimum Gasteiger partial charge on any atom is -0.326 e. The van der Waals surface area contributed by atoms with Gasteiger partial charge in [-0.25, -0.2) is 4.98 Å². The summed E-state index contributed by atoms with van der Waals surface area (Å²) >= 11 is 12.1. The highest BCUT2D eigenvalue weighted by atomic mass is 35.5. The van der Waals surface area contributed by atoms with E-state index in [0.717, 1.165) is 6.07 Å². The molecule has 0 radical (unpaired) electrons. The zero-order valence-corrected chi connectivity index (χ0v) is 14.6. The molecule has 0 atom stereocenters. The van der Waals surface area contributed by atoms with Crippen molar-refractivity contribution in [3.63, 3.8) is 0 Å². The maximum atomic E-state index is 13.0. The second kappa shape index (κ2) is 6.04. The quantitative estimate of drug-likeness (QED) is 0.549. The zero-order chi connectivity index (χ0) is 18.5. The molecule has 3 aromatic rings. The van der Waals surface area contributed by atoms with E-state index in [0.29, 0.717) is 10.9 Å². The van der Waals surface area contributed by atoms with Gasteiger partial charge in [-0.15, -0.1) is 0 Å². The second-order valence-corrected chi connectivity index (χ2v) is 6.39. The number of hydrogen-bond donors (Lipinski definition) is 0. The van der Waals surface area contributed by atoms with Gasteiger partial charge in [0, 0.05) is 12.4 Å². The van der Waals surface area contributed by atoms with Crippen molar-refractivity contribution < 1.29 is 18.0 Å². The zero-order valence-electron chi connectivity index (χ0n) is 13.1. The lowest BCUT2D eigenvalue weighted by molar-refractivity contribution is -0.141. The summed E-state index contributed by atoms with van der Waals surface area (Å²) in [4.78, 5) is 16.5. The molecule has 0 fully saturated rings. The van der Waals surface area contributed by atoms with Crippen molar-refractivity contribution in [2.24, 2.45) is 7.05 Å². The number of fused-ring (bicyclic) bond motifs is 1. The summed E-state index contributed by atoms with van der Waals surface area (Å²) in [6, 6.07) is 7.10. The Kier molecular flexibility index (Phi) is 4.29. The van der Waals surface area contributed by atoms with E-state index in [2.05, 4.69) is 4.98 Å². The van der Waals surface area contributed by atoms with Gasteiger partial charge in [0.25, 0.3) is 0 Å². The van der Waals surface area contributed by atoms with Crippen LogP contribution in [0.1, 0.15) is 27.3 Å². The van der Waals surface area contributed by atoms with Crippen molar-refractivity contribution in [3.05, 3.63) is 62.9 Å². The Hall–Kier alpha value is -2.05. The molecule has 0 unspecified atom stereocenters. The number of carbonyl (C=O) groups excluding carboxylic acids is 1. The average molecular weight is 387 g/mol. The van der Waals surface area contributed by atoms with Crippen LogP contribution in [0.15, 0.2) is 30.3 Å². The maximum absolute atomic E-state index is 13.0. The van der Waals surface area contributed by atoms with Gasteiger partial charge < -0.3 is 4.57 Å². The number of halogens is 5. The van der Waals surface area contributed by atoms with Crippen LogP contribution in [0.2, 0.25) is 10.0 Å². The fourth-order valence-electron chi connectivity index (χ4n) is 2.65. The number of nitrogens with zero attached hydrogens (tertiary/aromatic N) is 2. The monoisotopic (exact) mass is 386 g/mol. The molecule has 3 rings (SSSR count). The Morgan fingerprint density at radius 2 is 1.76 bits per heavy atom. The van der Waals surface area contributed by atoms with Crippen LogP contribution in [0.25, 0.3) is 11.0 Å². The van der Waals surface area contributed by atoms with Crippen molar-refractivity contribution in [2.75, 3.05) is 0 Å². The SMILES string of the molecule is Cc1cc(C(F)(F)F)nc2c1cc(C(=O)c1c(Cl)cccc1Cl)n2C. The molecule has 0 saturated carbocycles. The highest BCUT2D eigenvalue weighted by molar-refractivity contribution is 6.41. The Morgan fingerprint density at radius 3 is 2.32 bits per heavy atom. The molecule has 2 heterocycles. The van der Waals surface area contributed by atoms with Crippen molar-refractivity contribution in [3.8, 4) is 0 Å². The van der Waals surface area contributed by atoms with Gasteiger partial charge in [0.2, 0.25) is 5.78 Å². The first kappa shape index (κ1) is 17.8. The van der Waals surface area contributed by atoms with Gasteiger partial charge in [-0.05, 0) is 36.8 Å². The number of hydrogen-bond acceptors (Lipinski definition) is 2. The highest BCUT2D eigenvalue weighted by Crippen LogP contribution is 2.33. The highest BCUT2D eigenvalue weighted by Gasteiger charge is 2.34. The predicted molar refractivity (Wildman–Crippen MR) is 90.3 cm³/mol. The molecule has 3 nitrogen and oxygen atoms in total. The third-order valence-corrected chi connectivity index (χ3v) is 4.55. The van der Waals surface area contributed by atoms with E-state index in [1.807, 2.05) is 0 Å². The summed E-state index contributed by atoms with van der Waals surface area (Å²) in [5.74, 6) is -0.482. The van der Waals surface area contributed by atoms with E-state index >= 15 is 0 Å². The standard InChI is InChI=1S/C17H11Cl2F3N2O/c1-8-6-13(17(20,21)22)23-16-9(8)7-12(24(16)2)15(25)14-10(18)4-3-5-11(14)19/h3-7H,1-2H3. The number of pyridine rings is 1. The number of aromatic nitrogens is 2. The lowest BCUT2D eigenvalue weighted by Gasteiger charge is -2.09. The molecule has 2 aromatic heterocycles. The molecule has 0 aliphatic heterocycles. The lowest BCUT2D eigenvalue weighted by atomic mass is 10.1. The summed E-state index contributed by atoms with van der Waals surface area (Å²) in [5.41, 5.74) is -0.310. The van der Waals surface area contributed by atoms with E-state index in [9.17, 15) is 18.0 Å². The Bertz CT molecular complexity index is 989. The number of alkyl halides is 3. The average Bonchev–Trinajstić information content (AvgIpc) is 2.84. The smallest absolute Gasteiger partial charge is 0.326 e. The minimum absolute atomic E-state index is 0.0684. The van der Waals surface area contributed by atoms with Gasteiger partial charge in [0.1, 0.15) is 11.3 Å². The fraction of sp³-hybridized carbons (Fsp3) is 0.176. The topological polar surface area (TPSA) is 34.9 Å². The van der Waals surface area contributed by atoms with Gasteiger partial charge in [0.05, 0.1) is 21.3 Å². The van der Waals surface area contributed by atoms with E-state index in [-0.39, 0.29) is 26.9 Å². The Balaban J connectivity index is 2.23. The first-order chi connectivity index (χ1) is 11.6. The summed E-state index contributed by atoms with van der Waals surface area (Å²) in [7, 11) is 1.48. The number of ketones is 1. The van der Waals surface area contributed by atoms with Crippen LogP contribution in [-0.4, -0.2) is 15.3 Å². The fourth-order valence-corrected chi connectivity index (χ4v) is 3.22. The summed E-state index contributed by atoms with van der Waals surface area (Å²) in [5, 5.41) is 0.800. The molecule has 0 amide bonds. The lowest BCUT2D eigenvalue weighted by Crippen LogP contribution is -2.11.